The van der Waals surface area contributed by atoms with E-state index in [4.69, 9.17) is 4.74 Å². The van der Waals surface area contributed by atoms with E-state index in [9.17, 15) is 14.7 Å². The first-order valence-electron chi connectivity index (χ1n) is 8.18. The van der Waals surface area contributed by atoms with Gasteiger partial charge in [0.15, 0.2) is 0 Å². The fourth-order valence-corrected chi connectivity index (χ4v) is 2.82. The second kappa shape index (κ2) is 7.49. The molecule has 1 amide bonds. The van der Waals surface area contributed by atoms with Crippen molar-refractivity contribution in [2.45, 2.75) is 52.1 Å². The van der Waals surface area contributed by atoms with E-state index in [0.717, 1.165) is 24.2 Å². The molecule has 126 valence electrons. The monoisotopic (exact) mass is 319 g/mol. The number of carbonyl (C=O) groups is 2. The van der Waals surface area contributed by atoms with Gasteiger partial charge in [0.2, 0.25) is 5.91 Å². The summed E-state index contributed by atoms with van der Waals surface area (Å²) in [4.78, 5) is 23.4. The van der Waals surface area contributed by atoms with Gasteiger partial charge in [-0.25, -0.2) is 0 Å². The first kappa shape index (κ1) is 17.3. The van der Waals surface area contributed by atoms with Crippen molar-refractivity contribution in [3.63, 3.8) is 0 Å². The van der Waals surface area contributed by atoms with Crippen molar-refractivity contribution in [1.29, 1.82) is 0 Å². The molecule has 23 heavy (non-hydrogen) atoms. The summed E-state index contributed by atoms with van der Waals surface area (Å²) in [5, 5.41) is 12.1. The van der Waals surface area contributed by atoms with Crippen molar-refractivity contribution in [2.24, 2.45) is 5.41 Å². The summed E-state index contributed by atoms with van der Waals surface area (Å²) >= 11 is 0. The molecule has 0 heterocycles. The van der Waals surface area contributed by atoms with Gasteiger partial charge >= 0.3 is 5.97 Å². The van der Waals surface area contributed by atoms with Crippen LogP contribution in [0.4, 0.5) is 0 Å². The van der Waals surface area contributed by atoms with Gasteiger partial charge in [-0.3, -0.25) is 9.59 Å². The lowest BCUT2D eigenvalue weighted by Gasteiger charge is -2.37. The maximum atomic E-state index is 12.1. The maximum absolute atomic E-state index is 12.1. The van der Waals surface area contributed by atoms with Crippen LogP contribution in [-0.4, -0.2) is 29.6 Å². The molecule has 1 aliphatic rings. The molecule has 2 rings (SSSR count). The molecule has 0 aliphatic heterocycles. The Morgan fingerprint density at radius 1 is 1.39 bits per heavy atom. The molecule has 0 aromatic heterocycles. The summed E-state index contributed by atoms with van der Waals surface area (Å²) < 4.78 is 5.88. The normalized spacial score (nSPS) is 17.0. The highest BCUT2D eigenvalue weighted by molar-refractivity contribution is 5.85. The van der Waals surface area contributed by atoms with E-state index in [1.807, 2.05) is 38.1 Å². The van der Waals surface area contributed by atoms with Crippen molar-refractivity contribution in [1.82, 2.24) is 5.32 Å². The molecule has 1 aliphatic carbocycles. The number of rotatable bonds is 8. The molecule has 0 radical (unpaired) electrons. The highest BCUT2D eigenvalue weighted by Crippen LogP contribution is 2.44. The van der Waals surface area contributed by atoms with Gasteiger partial charge in [0.05, 0.1) is 12.0 Å². The van der Waals surface area contributed by atoms with Crippen LogP contribution in [0.5, 0.6) is 5.75 Å². The molecule has 0 saturated heterocycles. The number of amides is 1. The van der Waals surface area contributed by atoms with Gasteiger partial charge in [0, 0.05) is 6.42 Å². The Hall–Kier alpha value is -2.04. The van der Waals surface area contributed by atoms with Crippen LogP contribution in [0, 0.1) is 12.3 Å². The van der Waals surface area contributed by atoms with E-state index in [1.54, 1.807) is 0 Å². The Morgan fingerprint density at radius 3 is 2.65 bits per heavy atom. The number of aryl methyl sites for hydroxylation is 1. The predicted octanol–water partition coefficient (Wildman–Crippen LogP) is 2.91. The zero-order valence-electron chi connectivity index (χ0n) is 13.8. The number of nitrogens with one attached hydrogen (secondary N) is 1. The topological polar surface area (TPSA) is 75.6 Å². The minimum absolute atomic E-state index is 0.0587. The minimum Gasteiger partial charge on any atom is -0.489 e. The number of hydrogen-bond acceptors (Lipinski definition) is 3. The summed E-state index contributed by atoms with van der Waals surface area (Å²) in [6.07, 6.45) is 2.76. The molecule has 2 N–H and O–H groups in total. The van der Waals surface area contributed by atoms with Crippen LogP contribution in [-0.2, 0) is 9.59 Å². The molecule has 5 nitrogen and oxygen atoms in total. The Kier molecular flexibility index (Phi) is 5.64. The molecule has 1 aromatic rings. The summed E-state index contributed by atoms with van der Waals surface area (Å²) in [6.45, 7) is 4.38. The SMILES string of the molecule is CCC(CNC(=O)CC1(C(=O)O)CCC1)Oc1cccc(C)c1. The van der Waals surface area contributed by atoms with E-state index in [-0.39, 0.29) is 18.4 Å². The molecule has 1 aromatic carbocycles. The molecule has 0 spiro atoms. The third kappa shape index (κ3) is 4.47. The molecule has 5 heteroatoms. The van der Waals surface area contributed by atoms with Crippen LogP contribution < -0.4 is 10.1 Å². The van der Waals surface area contributed by atoms with Crippen molar-refractivity contribution in [3.8, 4) is 5.75 Å². The molecule has 0 bridgehead atoms. The number of carbonyl (C=O) groups excluding carboxylic acids is 1. The van der Waals surface area contributed by atoms with E-state index in [1.165, 1.54) is 0 Å². The lowest BCUT2D eigenvalue weighted by Crippen LogP contribution is -2.44. The summed E-state index contributed by atoms with van der Waals surface area (Å²) in [5.74, 6) is -0.285. The number of hydrogen-bond donors (Lipinski definition) is 2. The zero-order chi connectivity index (χ0) is 16.9. The fourth-order valence-electron chi connectivity index (χ4n) is 2.82. The number of benzene rings is 1. The first-order valence-corrected chi connectivity index (χ1v) is 8.18. The van der Waals surface area contributed by atoms with Gasteiger partial charge in [-0.2, -0.15) is 0 Å². The Morgan fingerprint density at radius 2 is 2.13 bits per heavy atom. The molecule has 1 unspecified atom stereocenters. The maximum Gasteiger partial charge on any atom is 0.310 e. The average molecular weight is 319 g/mol. The van der Waals surface area contributed by atoms with Crippen molar-refractivity contribution < 1.29 is 19.4 Å². The highest BCUT2D eigenvalue weighted by Gasteiger charge is 2.45. The predicted molar refractivity (Wildman–Crippen MR) is 87.4 cm³/mol. The quantitative estimate of drug-likeness (QED) is 0.772. The second-order valence-electron chi connectivity index (χ2n) is 6.38. The third-order valence-corrected chi connectivity index (χ3v) is 4.54. The van der Waals surface area contributed by atoms with Gasteiger partial charge < -0.3 is 15.2 Å². The lowest BCUT2D eigenvalue weighted by molar-refractivity contribution is -0.157. The Bertz CT molecular complexity index is 566. The van der Waals surface area contributed by atoms with Crippen LogP contribution in [0.1, 0.15) is 44.6 Å². The van der Waals surface area contributed by atoms with Crippen LogP contribution >= 0.6 is 0 Å². The van der Waals surface area contributed by atoms with Crippen LogP contribution in [0.25, 0.3) is 0 Å². The molecule has 1 saturated carbocycles. The molecular weight excluding hydrogens is 294 g/mol. The van der Waals surface area contributed by atoms with Crippen molar-refractivity contribution >= 4 is 11.9 Å². The van der Waals surface area contributed by atoms with Gasteiger partial charge in [-0.15, -0.1) is 0 Å². The lowest BCUT2D eigenvalue weighted by atomic mass is 9.66. The standard InChI is InChI=1S/C18H25NO4/c1-3-14(23-15-7-4-6-13(2)10-15)12-19-16(20)11-18(17(21)22)8-5-9-18/h4,6-7,10,14H,3,5,8-9,11-12H2,1-2H3,(H,19,20)(H,21,22). The highest BCUT2D eigenvalue weighted by atomic mass is 16.5. The Labute approximate surface area is 137 Å². The van der Waals surface area contributed by atoms with E-state index in [0.29, 0.717) is 19.4 Å². The van der Waals surface area contributed by atoms with Crippen LogP contribution in [0.2, 0.25) is 0 Å². The van der Waals surface area contributed by atoms with Gasteiger partial charge in [0.1, 0.15) is 11.9 Å². The first-order chi connectivity index (χ1) is 10.9. The van der Waals surface area contributed by atoms with Crippen LogP contribution in [0.15, 0.2) is 24.3 Å². The zero-order valence-corrected chi connectivity index (χ0v) is 13.8. The number of carboxylic acid groups (broad SMARTS) is 1. The van der Waals surface area contributed by atoms with E-state index < -0.39 is 11.4 Å². The van der Waals surface area contributed by atoms with E-state index in [2.05, 4.69) is 5.32 Å². The smallest absolute Gasteiger partial charge is 0.310 e. The summed E-state index contributed by atoms with van der Waals surface area (Å²) in [7, 11) is 0. The average Bonchev–Trinajstić information content (AvgIpc) is 2.47. The minimum atomic E-state index is -0.859. The number of carboxylic acids is 1. The number of aliphatic carboxylic acids is 1. The van der Waals surface area contributed by atoms with Crippen molar-refractivity contribution in [2.75, 3.05) is 6.54 Å². The molecule has 1 fully saturated rings. The van der Waals surface area contributed by atoms with Gasteiger partial charge in [-0.1, -0.05) is 25.5 Å². The van der Waals surface area contributed by atoms with Crippen LogP contribution in [0.3, 0.4) is 0 Å². The van der Waals surface area contributed by atoms with E-state index >= 15 is 0 Å². The Balaban J connectivity index is 1.83. The molecule has 1 atom stereocenters. The fraction of sp³-hybridized carbons (Fsp3) is 0.556. The largest absolute Gasteiger partial charge is 0.489 e. The summed E-state index contributed by atoms with van der Waals surface area (Å²) in [5.41, 5.74) is 0.276. The number of ether oxygens (including phenoxy) is 1. The second-order valence-corrected chi connectivity index (χ2v) is 6.38. The third-order valence-electron chi connectivity index (χ3n) is 4.54. The van der Waals surface area contributed by atoms with Crippen molar-refractivity contribution in [3.05, 3.63) is 29.8 Å². The summed E-state index contributed by atoms with van der Waals surface area (Å²) in [6, 6.07) is 7.78. The molecular formula is C18H25NO4. The van der Waals surface area contributed by atoms with Gasteiger partial charge in [-0.05, 0) is 43.9 Å². The van der Waals surface area contributed by atoms with Gasteiger partial charge in [0.25, 0.3) is 0 Å².